The van der Waals surface area contributed by atoms with E-state index >= 15 is 0 Å². The van der Waals surface area contributed by atoms with Gasteiger partial charge in [-0.15, -0.1) is 0 Å². The number of carboxylic acid groups (broad SMARTS) is 1. The van der Waals surface area contributed by atoms with Crippen LogP contribution in [0.2, 0.25) is 0 Å². The number of hydrogen-bond donors (Lipinski definition) is 2. The first-order chi connectivity index (χ1) is 9.77. The van der Waals surface area contributed by atoms with Gasteiger partial charge in [-0.3, -0.25) is 4.79 Å². The van der Waals surface area contributed by atoms with E-state index in [1.807, 2.05) is 0 Å². The lowest BCUT2D eigenvalue weighted by Crippen LogP contribution is -2.44. The maximum Gasteiger partial charge on any atom is 0.315 e. The van der Waals surface area contributed by atoms with Crippen molar-refractivity contribution in [1.82, 2.24) is 0 Å². The SMILES string of the molecule is CCCS(=O)(=O)CCC(CN)(C(=O)O)c1cccc(F)c1. The second kappa shape index (κ2) is 7.00. The van der Waals surface area contributed by atoms with E-state index in [0.29, 0.717) is 6.42 Å². The summed E-state index contributed by atoms with van der Waals surface area (Å²) in [7, 11) is -3.34. The van der Waals surface area contributed by atoms with Gasteiger partial charge in [-0.05, 0) is 30.5 Å². The minimum atomic E-state index is -3.34. The number of benzene rings is 1. The maximum atomic E-state index is 13.3. The monoisotopic (exact) mass is 317 g/mol. The molecular formula is C14H20FNO4S. The van der Waals surface area contributed by atoms with Gasteiger partial charge in [-0.1, -0.05) is 19.1 Å². The molecule has 7 heteroatoms. The molecule has 0 amide bonds. The highest BCUT2D eigenvalue weighted by molar-refractivity contribution is 7.91. The fourth-order valence-electron chi connectivity index (χ4n) is 2.21. The molecular weight excluding hydrogens is 297 g/mol. The van der Waals surface area contributed by atoms with Crippen LogP contribution < -0.4 is 5.73 Å². The number of hydrogen-bond acceptors (Lipinski definition) is 4. The molecule has 0 aromatic heterocycles. The lowest BCUT2D eigenvalue weighted by molar-refractivity contribution is -0.143. The molecule has 0 aliphatic rings. The summed E-state index contributed by atoms with van der Waals surface area (Å²) in [6.07, 6.45) is 0.287. The Bertz CT molecular complexity index is 603. The molecule has 1 unspecified atom stereocenters. The number of sulfone groups is 1. The summed E-state index contributed by atoms with van der Waals surface area (Å²) in [6, 6.07) is 5.13. The molecule has 118 valence electrons. The van der Waals surface area contributed by atoms with Crippen LogP contribution in [-0.2, 0) is 20.0 Å². The van der Waals surface area contributed by atoms with E-state index in [1.54, 1.807) is 6.92 Å². The largest absolute Gasteiger partial charge is 0.481 e. The first-order valence-electron chi connectivity index (χ1n) is 6.67. The van der Waals surface area contributed by atoms with E-state index in [2.05, 4.69) is 0 Å². The Morgan fingerprint density at radius 3 is 2.52 bits per heavy atom. The fraction of sp³-hybridized carbons (Fsp3) is 0.500. The standard InChI is InChI=1S/C14H20FNO4S/c1-2-7-21(19,20)8-6-14(10-16,13(17)18)11-4-3-5-12(15)9-11/h3-5,9H,2,6-8,10,16H2,1H3,(H,17,18). The Balaban J connectivity index is 3.14. The van der Waals surface area contributed by atoms with Gasteiger partial charge in [-0.25, -0.2) is 12.8 Å². The molecule has 3 N–H and O–H groups in total. The van der Waals surface area contributed by atoms with Crippen molar-refractivity contribution in [1.29, 1.82) is 0 Å². The van der Waals surface area contributed by atoms with Crippen molar-refractivity contribution in [2.45, 2.75) is 25.2 Å². The number of carbonyl (C=O) groups is 1. The second-order valence-electron chi connectivity index (χ2n) is 5.00. The Kier molecular flexibility index (Phi) is 5.86. The van der Waals surface area contributed by atoms with Crippen LogP contribution in [0.15, 0.2) is 24.3 Å². The summed E-state index contributed by atoms with van der Waals surface area (Å²) in [5, 5.41) is 9.50. The third kappa shape index (κ3) is 4.25. The van der Waals surface area contributed by atoms with Gasteiger partial charge in [0, 0.05) is 12.3 Å². The summed E-state index contributed by atoms with van der Waals surface area (Å²) >= 11 is 0. The molecule has 1 atom stereocenters. The Morgan fingerprint density at radius 2 is 2.05 bits per heavy atom. The van der Waals surface area contributed by atoms with Crippen molar-refractivity contribution in [3.05, 3.63) is 35.6 Å². The van der Waals surface area contributed by atoms with Crippen molar-refractivity contribution in [2.75, 3.05) is 18.1 Å². The molecule has 5 nitrogen and oxygen atoms in total. The van der Waals surface area contributed by atoms with Gasteiger partial charge < -0.3 is 10.8 Å². The highest BCUT2D eigenvalue weighted by atomic mass is 32.2. The zero-order valence-electron chi connectivity index (χ0n) is 11.9. The van der Waals surface area contributed by atoms with Crippen LogP contribution in [0.1, 0.15) is 25.3 Å². The molecule has 0 aliphatic heterocycles. The molecule has 0 spiro atoms. The van der Waals surface area contributed by atoms with Crippen molar-refractivity contribution in [3.63, 3.8) is 0 Å². The quantitative estimate of drug-likeness (QED) is 0.753. The van der Waals surface area contributed by atoms with Gasteiger partial charge in [0.1, 0.15) is 21.1 Å². The molecule has 0 saturated carbocycles. The minimum Gasteiger partial charge on any atom is -0.481 e. The molecule has 0 bridgehead atoms. The van der Waals surface area contributed by atoms with Gasteiger partial charge >= 0.3 is 5.97 Å². The smallest absolute Gasteiger partial charge is 0.315 e. The van der Waals surface area contributed by atoms with E-state index in [-0.39, 0.29) is 30.0 Å². The number of aliphatic carboxylic acids is 1. The number of halogens is 1. The lowest BCUT2D eigenvalue weighted by Gasteiger charge is -2.28. The van der Waals surface area contributed by atoms with E-state index in [9.17, 15) is 22.7 Å². The van der Waals surface area contributed by atoms with E-state index < -0.39 is 27.0 Å². The van der Waals surface area contributed by atoms with E-state index in [4.69, 9.17) is 5.73 Å². The van der Waals surface area contributed by atoms with E-state index in [1.165, 1.54) is 18.2 Å². The van der Waals surface area contributed by atoms with Crippen LogP contribution in [0.5, 0.6) is 0 Å². The normalized spacial score (nSPS) is 14.6. The molecule has 21 heavy (non-hydrogen) atoms. The Morgan fingerprint density at radius 1 is 1.38 bits per heavy atom. The Hall–Kier alpha value is -1.47. The van der Waals surface area contributed by atoms with Crippen LogP contribution in [0, 0.1) is 5.82 Å². The number of rotatable bonds is 8. The third-order valence-electron chi connectivity index (χ3n) is 3.49. The van der Waals surface area contributed by atoms with Gasteiger partial charge in [0.2, 0.25) is 0 Å². The van der Waals surface area contributed by atoms with Crippen LogP contribution in [0.4, 0.5) is 4.39 Å². The molecule has 1 rings (SSSR count). The van der Waals surface area contributed by atoms with Gasteiger partial charge in [0.05, 0.1) is 5.75 Å². The van der Waals surface area contributed by atoms with Crippen molar-refractivity contribution in [3.8, 4) is 0 Å². The fourth-order valence-corrected chi connectivity index (χ4v) is 3.70. The first kappa shape index (κ1) is 17.6. The third-order valence-corrected chi connectivity index (χ3v) is 5.35. The highest BCUT2D eigenvalue weighted by Gasteiger charge is 2.40. The minimum absolute atomic E-state index is 0.00355. The van der Waals surface area contributed by atoms with Crippen LogP contribution >= 0.6 is 0 Å². The number of carboxylic acids is 1. The highest BCUT2D eigenvalue weighted by Crippen LogP contribution is 2.29. The second-order valence-corrected chi connectivity index (χ2v) is 7.31. The molecule has 0 saturated heterocycles. The average molecular weight is 317 g/mol. The van der Waals surface area contributed by atoms with E-state index in [0.717, 1.165) is 6.07 Å². The molecule has 0 heterocycles. The zero-order chi connectivity index (χ0) is 16.1. The summed E-state index contributed by atoms with van der Waals surface area (Å²) in [4.78, 5) is 11.6. The first-order valence-corrected chi connectivity index (χ1v) is 8.49. The van der Waals surface area contributed by atoms with Crippen LogP contribution in [0.25, 0.3) is 0 Å². The summed E-state index contributed by atoms with van der Waals surface area (Å²) in [5.74, 6) is -2.12. The maximum absolute atomic E-state index is 13.3. The predicted molar refractivity (Wildman–Crippen MR) is 78.3 cm³/mol. The number of nitrogens with two attached hydrogens (primary N) is 1. The molecule has 1 aromatic carbocycles. The van der Waals surface area contributed by atoms with Crippen LogP contribution in [0.3, 0.4) is 0 Å². The van der Waals surface area contributed by atoms with Crippen molar-refractivity contribution < 1.29 is 22.7 Å². The average Bonchev–Trinajstić information content (AvgIpc) is 2.39. The van der Waals surface area contributed by atoms with Gasteiger partial charge in [0.15, 0.2) is 0 Å². The zero-order valence-corrected chi connectivity index (χ0v) is 12.7. The Labute approximate surface area is 123 Å². The van der Waals surface area contributed by atoms with Gasteiger partial charge in [-0.2, -0.15) is 0 Å². The lowest BCUT2D eigenvalue weighted by atomic mass is 9.78. The molecule has 0 aliphatic carbocycles. The van der Waals surface area contributed by atoms with Crippen LogP contribution in [-0.4, -0.2) is 37.5 Å². The molecule has 1 aromatic rings. The summed E-state index contributed by atoms with van der Waals surface area (Å²) in [6.45, 7) is 1.44. The summed E-state index contributed by atoms with van der Waals surface area (Å²) < 4.78 is 37.0. The predicted octanol–water partition coefficient (Wildman–Crippen LogP) is 1.32. The van der Waals surface area contributed by atoms with Gasteiger partial charge in [0.25, 0.3) is 0 Å². The van der Waals surface area contributed by atoms with Crippen molar-refractivity contribution in [2.24, 2.45) is 5.73 Å². The summed E-state index contributed by atoms with van der Waals surface area (Å²) in [5.41, 5.74) is 4.19. The topological polar surface area (TPSA) is 97.5 Å². The molecule has 0 fully saturated rings. The molecule has 0 radical (unpaired) electrons. The van der Waals surface area contributed by atoms with Crippen molar-refractivity contribution >= 4 is 15.8 Å².